The first-order valence-electron chi connectivity index (χ1n) is 8.66. The Labute approximate surface area is 154 Å². The van der Waals surface area contributed by atoms with E-state index in [9.17, 15) is 18.0 Å². The van der Waals surface area contributed by atoms with Crippen LogP contribution in [0.2, 0.25) is 0 Å². The van der Waals surface area contributed by atoms with Crippen LogP contribution < -0.4 is 16.0 Å². The molecule has 2 atom stereocenters. The Kier molecular flexibility index (Phi) is 5.64. The topological polar surface area (TPSA) is 99.9 Å². The molecule has 1 aliphatic heterocycles. The summed E-state index contributed by atoms with van der Waals surface area (Å²) in [6, 6.07) is 4.69. The maximum atomic E-state index is 12.8. The molecule has 27 heavy (non-hydrogen) atoms. The Morgan fingerprint density at radius 3 is 2.96 bits per heavy atom. The Bertz CT molecular complexity index is 764. The maximum Gasteiger partial charge on any atom is 0.433 e. The Morgan fingerprint density at radius 1 is 1.44 bits per heavy atom. The predicted molar refractivity (Wildman–Crippen MR) is 92.9 cm³/mol. The minimum atomic E-state index is -4.50. The zero-order valence-electron chi connectivity index (χ0n) is 14.5. The van der Waals surface area contributed by atoms with Crippen LogP contribution in [0.3, 0.4) is 0 Å². The maximum absolute atomic E-state index is 12.8. The van der Waals surface area contributed by atoms with Gasteiger partial charge in [0.25, 0.3) is 0 Å². The van der Waals surface area contributed by atoms with E-state index < -0.39 is 17.9 Å². The van der Waals surface area contributed by atoms with Gasteiger partial charge in [-0.05, 0) is 31.4 Å². The molecule has 1 amide bonds. The number of carbonyl (C=O) groups excluding carboxylic acids is 1. The van der Waals surface area contributed by atoms with E-state index in [2.05, 4.69) is 20.3 Å². The SMILES string of the molecule is NC(CCc1cn[nH]c1C(F)(F)F)C(=O)NC1CCN(c2ccccn2)C1. The Hall–Kier alpha value is -2.62. The minimum Gasteiger partial charge on any atom is -0.354 e. The van der Waals surface area contributed by atoms with Crippen LogP contribution >= 0.6 is 0 Å². The van der Waals surface area contributed by atoms with Gasteiger partial charge in [0.05, 0.1) is 12.2 Å². The molecule has 2 aromatic rings. The van der Waals surface area contributed by atoms with Crippen molar-refractivity contribution < 1.29 is 18.0 Å². The van der Waals surface area contributed by atoms with Crippen molar-refractivity contribution in [3.05, 3.63) is 41.9 Å². The number of H-pyrrole nitrogens is 1. The van der Waals surface area contributed by atoms with Crippen molar-refractivity contribution in [2.75, 3.05) is 18.0 Å². The number of alkyl halides is 3. The molecule has 0 bridgehead atoms. The predicted octanol–water partition coefficient (Wildman–Crippen LogP) is 1.48. The van der Waals surface area contributed by atoms with Crippen LogP contribution in [0.4, 0.5) is 19.0 Å². The summed E-state index contributed by atoms with van der Waals surface area (Å²) >= 11 is 0. The number of nitrogens with one attached hydrogen (secondary N) is 2. The fourth-order valence-corrected chi connectivity index (χ4v) is 3.12. The molecule has 0 saturated carbocycles. The standard InChI is InChI=1S/C17H21F3N6O/c18-17(19,20)15-11(9-23-25-15)4-5-13(21)16(27)24-12-6-8-26(10-12)14-3-1-2-7-22-14/h1-3,7,9,12-13H,4-6,8,10,21H2,(H,23,25)(H,24,27). The van der Waals surface area contributed by atoms with Crippen LogP contribution in [0.25, 0.3) is 0 Å². The minimum absolute atomic E-state index is 0.00736. The average Bonchev–Trinajstić information content (AvgIpc) is 3.29. The Morgan fingerprint density at radius 2 is 2.26 bits per heavy atom. The highest BCUT2D eigenvalue weighted by Gasteiger charge is 2.35. The van der Waals surface area contributed by atoms with Gasteiger partial charge in [-0.25, -0.2) is 4.98 Å². The lowest BCUT2D eigenvalue weighted by molar-refractivity contribution is -0.141. The molecule has 3 rings (SSSR count). The molecule has 3 heterocycles. The first-order chi connectivity index (χ1) is 12.8. The van der Waals surface area contributed by atoms with E-state index in [0.29, 0.717) is 6.54 Å². The van der Waals surface area contributed by atoms with Crippen molar-refractivity contribution in [2.24, 2.45) is 5.73 Å². The number of nitrogens with zero attached hydrogens (tertiary/aromatic N) is 3. The van der Waals surface area contributed by atoms with Gasteiger partial charge in [0.1, 0.15) is 11.5 Å². The number of rotatable bonds is 6. The van der Waals surface area contributed by atoms with Gasteiger partial charge in [-0.2, -0.15) is 18.3 Å². The van der Waals surface area contributed by atoms with E-state index in [1.54, 1.807) is 6.20 Å². The van der Waals surface area contributed by atoms with Crippen LogP contribution in [-0.4, -0.2) is 46.3 Å². The zero-order chi connectivity index (χ0) is 19.4. The summed E-state index contributed by atoms with van der Waals surface area (Å²) in [5, 5.41) is 8.26. The summed E-state index contributed by atoms with van der Waals surface area (Å²) in [6.45, 7) is 1.39. The van der Waals surface area contributed by atoms with Crippen molar-refractivity contribution in [1.82, 2.24) is 20.5 Å². The zero-order valence-corrected chi connectivity index (χ0v) is 14.5. The highest BCUT2D eigenvalue weighted by molar-refractivity contribution is 5.81. The largest absolute Gasteiger partial charge is 0.433 e. The molecule has 0 radical (unpaired) electrons. The lowest BCUT2D eigenvalue weighted by atomic mass is 10.1. The summed E-state index contributed by atoms with van der Waals surface area (Å²) in [6.07, 6.45) is -0.793. The third-order valence-corrected chi connectivity index (χ3v) is 4.57. The van der Waals surface area contributed by atoms with Gasteiger partial charge >= 0.3 is 6.18 Å². The number of halogens is 3. The first kappa shape index (κ1) is 19.2. The lowest BCUT2D eigenvalue weighted by Gasteiger charge is -2.19. The number of pyridine rings is 1. The third kappa shape index (κ3) is 4.76. The summed E-state index contributed by atoms with van der Waals surface area (Å²) < 4.78 is 38.5. The second-order valence-corrected chi connectivity index (χ2v) is 6.54. The number of hydrogen-bond acceptors (Lipinski definition) is 5. The smallest absolute Gasteiger partial charge is 0.354 e. The summed E-state index contributed by atoms with van der Waals surface area (Å²) in [5.41, 5.74) is 4.98. The monoisotopic (exact) mass is 382 g/mol. The molecular weight excluding hydrogens is 361 g/mol. The number of carbonyl (C=O) groups is 1. The fraction of sp³-hybridized carbons (Fsp3) is 0.471. The molecule has 1 aliphatic rings. The van der Waals surface area contributed by atoms with E-state index in [1.807, 2.05) is 23.3 Å². The second-order valence-electron chi connectivity index (χ2n) is 6.54. The molecule has 0 aromatic carbocycles. The summed E-state index contributed by atoms with van der Waals surface area (Å²) in [7, 11) is 0. The van der Waals surface area contributed by atoms with Crippen LogP contribution in [0, 0.1) is 0 Å². The Balaban J connectivity index is 1.48. The van der Waals surface area contributed by atoms with E-state index >= 15 is 0 Å². The molecule has 146 valence electrons. The summed E-state index contributed by atoms with van der Waals surface area (Å²) in [4.78, 5) is 18.6. The van der Waals surface area contributed by atoms with E-state index in [4.69, 9.17) is 5.73 Å². The molecule has 10 heteroatoms. The number of hydrogen-bond donors (Lipinski definition) is 3. The highest BCUT2D eigenvalue weighted by atomic mass is 19.4. The third-order valence-electron chi connectivity index (χ3n) is 4.57. The number of anilines is 1. The van der Waals surface area contributed by atoms with Crippen molar-refractivity contribution in [3.8, 4) is 0 Å². The van der Waals surface area contributed by atoms with Gasteiger partial charge in [0.15, 0.2) is 0 Å². The normalized spacial score (nSPS) is 18.5. The molecule has 1 fully saturated rings. The quantitative estimate of drug-likeness (QED) is 0.703. The fourth-order valence-electron chi connectivity index (χ4n) is 3.12. The lowest BCUT2D eigenvalue weighted by Crippen LogP contribution is -2.46. The van der Waals surface area contributed by atoms with Crippen LogP contribution in [-0.2, 0) is 17.4 Å². The van der Waals surface area contributed by atoms with Gasteiger partial charge in [-0.3, -0.25) is 9.89 Å². The molecule has 4 N–H and O–H groups in total. The first-order valence-corrected chi connectivity index (χ1v) is 8.66. The van der Waals surface area contributed by atoms with E-state index in [0.717, 1.165) is 25.0 Å². The van der Waals surface area contributed by atoms with Gasteiger partial charge in [-0.15, -0.1) is 0 Å². The average molecular weight is 382 g/mol. The number of amides is 1. The van der Waals surface area contributed by atoms with Gasteiger partial charge < -0.3 is 16.0 Å². The number of aromatic amines is 1. The molecular formula is C17H21F3N6O. The number of aryl methyl sites for hydroxylation is 1. The van der Waals surface area contributed by atoms with Crippen LogP contribution in [0.15, 0.2) is 30.6 Å². The summed E-state index contributed by atoms with van der Waals surface area (Å²) in [5.74, 6) is 0.484. The van der Waals surface area contributed by atoms with Crippen molar-refractivity contribution in [1.29, 1.82) is 0 Å². The molecule has 1 saturated heterocycles. The van der Waals surface area contributed by atoms with Crippen LogP contribution in [0.1, 0.15) is 24.1 Å². The van der Waals surface area contributed by atoms with Crippen molar-refractivity contribution in [3.63, 3.8) is 0 Å². The molecule has 2 aromatic heterocycles. The van der Waals surface area contributed by atoms with Gasteiger partial charge in [0, 0.05) is 30.9 Å². The van der Waals surface area contributed by atoms with Gasteiger partial charge in [-0.1, -0.05) is 6.07 Å². The molecule has 0 aliphatic carbocycles. The van der Waals surface area contributed by atoms with E-state index in [-0.39, 0.29) is 30.4 Å². The molecule has 7 nitrogen and oxygen atoms in total. The van der Waals surface area contributed by atoms with Crippen molar-refractivity contribution >= 4 is 11.7 Å². The number of nitrogens with two attached hydrogens (primary N) is 1. The molecule has 0 spiro atoms. The molecule has 2 unspecified atom stereocenters. The van der Waals surface area contributed by atoms with Gasteiger partial charge in [0.2, 0.25) is 5.91 Å². The van der Waals surface area contributed by atoms with E-state index in [1.165, 1.54) is 0 Å². The number of aromatic nitrogens is 3. The van der Waals surface area contributed by atoms with Crippen molar-refractivity contribution in [2.45, 2.75) is 37.5 Å². The highest BCUT2D eigenvalue weighted by Crippen LogP contribution is 2.30. The van der Waals surface area contributed by atoms with Crippen LogP contribution in [0.5, 0.6) is 0 Å². The second kappa shape index (κ2) is 7.95.